The van der Waals surface area contributed by atoms with Crippen molar-refractivity contribution in [3.05, 3.63) is 0 Å². The van der Waals surface area contributed by atoms with Gasteiger partial charge in [0.15, 0.2) is 0 Å². The third-order valence-electron chi connectivity index (χ3n) is 5.98. The van der Waals surface area contributed by atoms with Crippen LogP contribution in [-0.2, 0) is 14.4 Å². The molecule has 3 amide bonds. The molecule has 0 saturated carbocycles. The molecule has 1 saturated heterocycles. The lowest BCUT2D eigenvalue weighted by molar-refractivity contribution is -0.145. The van der Waals surface area contributed by atoms with Gasteiger partial charge in [0.05, 0.1) is 12.5 Å². The second-order valence-corrected chi connectivity index (χ2v) is 9.74. The smallest absolute Gasteiger partial charge is 0.228 e. The third-order valence-corrected chi connectivity index (χ3v) is 5.98. The van der Waals surface area contributed by atoms with Gasteiger partial charge in [-0.25, -0.2) is 0 Å². The Hall–Kier alpha value is -2.16. The summed E-state index contributed by atoms with van der Waals surface area (Å²) in [5.74, 6) is 1.27. The van der Waals surface area contributed by atoms with Crippen molar-refractivity contribution in [1.29, 1.82) is 0 Å². The number of carbonyl (C=O) groups excluding carboxylic acids is 3. The summed E-state index contributed by atoms with van der Waals surface area (Å²) in [6.45, 7) is 12.3. The van der Waals surface area contributed by atoms with Gasteiger partial charge in [0.1, 0.15) is 5.84 Å². The number of rotatable bonds is 12. The second-order valence-electron chi connectivity index (χ2n) is 9.74. The molecule has 2 unspecified atom stereocenters. The lowest BCUT2D eigenvalue weighted by Crippen LogP contribution is -2.54. The number of nitrogens with zero attached hydrogens (tertiary/aromatic N) is 3. The van der Waals surface area contributed by atoms with Gasteiger partial charge in [-0.1, -0.05) is 27.7 Å². The first-order chi connectivity index (χ1) is 14.7. The quantitative estimate of drug-likeness (QED) is 0.374. The minimum atomic E-state index is -0.452. The lowest BCUT2D eigenvalue weighted by Gasteiger charge is -2.41. The van der Waals surface area contributed by atoms with Crippen LogP contribution >= 0.6 is 0 Å². The second kappa shape index (κ2) is 11.5. The molecule has 0 aliphatic carbocycles. The number of piperidine rings is 1. The Bertz CT molecular complexity index is 664. The monoisotopic (exact) mass is 436 g/mol. The van der Waals surface area contributed by atoms with Crippen LogP contribution in [0, 0.1) is 23.2 Å². The van der Waals surface area contributed by atoms with Crippen LogP contribution < -0.4 is 16.4 Å². The van der Waals surface area contributed by atoms with E-state index in [9.17, 15) is 14.4 Å². The molecule has 2 heterocycles. The van der Waals surface area contributed by atoms with Gasteiger partial charge in [0.25, 0.3) is 0 Å². The van der Waals surface area contributed by atoms with Gasteiger partial charge in [0.2, 0.25) is 18.2 Å². The molecule has 1 fully saturated rings. The first-order valence-electron chi connectivity index (χ1n) is 11.4. The van der Waals surface area contributed by atoms with Gasteiger partial charge in [-0.05, 0) is 18.8 Å². The normalized spacial score (nSPS) is 21.5. The summed E-state index contributed by atoms with van der Waals surface area (Å²) in [5.41, 5.74) is 5.11. The Morgan fingerprint density at radius 3 is 2.77 bits per heavy atom. The van der Waals surface area contributed by atoms with E-state index in [1.54, 1.807) is 4.90 Å². The molecule has 0 aromatic heterocycles. The third kappa shape index (κ3) is 7.19. The standard InChI is InChI=1S/C22H40N6O3/c1-16(2)11-17(13-27(15-29)9-5-23)20(30)26-8-10-28-14-18(19-24-6-7-25-19)12-22(3,4)21(28)31/h15-18H,5-14,23H2,1-4H3,(H,24,25)(H,26,30). The lowest BCUT2D eigenvalue weighted by atomic mass is 9.77. The minimum absolute atomic E-state index is 0.0836. The van der Waals surface area contributed by atoms with Crippen molar-refractivity contribution in [1.82, 2.24) is 20.4 Å². The molecule has 0 radical (unpaired) electrons. The fourth-order valence-electron chi connectivity index (χ4n) is 4.54. The van der Waals surface area contributed by atoms with E-state index in [4.69, 9.17) is 5.73 Å². The Kier molecular flexibility index (Phi) is 9.28. The number of carbonyl (C=O) groups is 3. The Balaban J connectivity index is 1.94. The fraction of sp³-hybridized carbons (Fsp3) is 0.818. The molecular formula is C22H40N6O3. The minimum Gasteiger partial charge on any atom is -0.372 e. The molecule has 4 N–H and O–H groups in total. The highest BCUT2D eigenvalue weighted by molar-refractivity contribution is 5.90. The van der Waals surface area contributed by atoms with Gasteiger partial charge >= 0.3 is 0 Å². The highest BCUT2D eigenvalue weighted by Gasteiger charge is 2.42. The highest BCUT2D eigenvalue weighted by Crippen LogP contribution is 2.34. The van der Waals surface area contributed by atoms with Crippen LogP contribution in [0.2, 0.25) is 0 Å². The number of likely N-dealkylation sites (tertiary alicyclic amines) is 1. The van der Waals surface area contributed by atoms with Crippen LogP contribution in [0.3, 0.4) is 0 Å². The maximum absolute atomic E-state index is 12.9. The molecule has 0 aromatic carbocycles. The van der Waals surface area contributed by atoms with Crippen molar-refractivity contribution in [2.45, 2.75) is 40.5 Å². The Morgan fingerprint density at radius 1 is 1.45 bits per heavy atom. The molecule has 2 aliphatic heterocycles. The average molecular weight is 437 g/mol. The topological polar surface area (TPSA) is 120 Å². The van der Waals surface area contributed by atoms with Crippen molar-refractivity contribution in [2.75, 3.05) is 52.4 Å². The van der Waals surface area contributed by atoms with E-state index in [1.165, 1.54) is 0 Å². The van der Waals surface area contributed by atoms with Crippen LogP contribution in [0.4, 0.5) is 0 Å². The van der Waals surface area contributed by atoms with Gasteiger partial charge in [-0.15, -0.1) is 0 Å². The van der Waals surface area contributed by atoms with Crippen LogP contribution in [0.1, 0.15) is 40.5 Å². The number of aliphatic imine (C=N–C) groups is 1. The zero-order valence-corrected chi connectivity index (χ0v) is 19.5. The Morgan fingerprint density at radius 2 is 2.19 bits per heavy atom. The van der Waals surface area contributed by atoms with Crippen molar-refractivity contribution in [3.63, 3.8) is 0 Å². The molecule has 2 rings (SSSR count). The van der Waals surface area contributed by atoms with Gasteiger partial charge < -0.3 is 26.2 Å². The molecule has 0 spiro atoms. The first kappa shape index (κ1) is 25.1. The summed E-state index contributed by atoms with van der Waals surface area (Å²) in [5, 5.41) is 6.33. The summed E-state index contributed by atoms with van der Waals surface area (Å²) in [7, 11) is 0. The number of nitrogens with one attached hydrogen (secondary N) is 2. The van der Waals surface area contributed by atoms with Gasteiger partial charge in [0, 0.05) is 57.1 Å². The van der Waals surface area contributed by atoms with Crippen molar-refractivity contribution in [3.8, 4) is 0 Å². The first-order valence-corrected chi connectivity index (χ1v) is 11.4. The molecule has 0 aromatic rings. The molecule has 31 heavy (non-hydrogen) atoms. The number of hydrogen-bond donors (Lipinski definition) is 3. The predicted octanol–water partition coefficient (Wildman–Crippen LogP) is 0.0584. The van der Waals surface area contributed by atoms with E-state index < -0.39 is 5.41 Å². The molecule has 9 heteroatoms. The maximum Gasteiger partial charge on any atom is 0.228 e. The largest absolute Gasteiger partial charge is 0.372 e. The number of amides is 3. The molecule has 9 nitrogen and oxygen atoms in total. The number of nitrogens with two attached hydrogens (primary N) is 1. The summed E-state index contributed by atoms with van der Waals surface area (Å²) < 4.78 is 0. The summed E-state index contributed by atoms with van der Waals surface area (Å²) in [4.78, 5) is 45.0. The van der Waals surface area contributed by atoms with E-state index >= 15 is 0 Å². The number of hydrogen-bond acceptors (Lipinski definition) is 6. The van der Waals surface area contributed by atoms with Gasteiger partial charge in [-0.2, -0.15) is 0 Å². The SMILES string of the molecule is CC(C)CC(CN(C=O)CCN)C(=O)NCCN1CC(C2=NCCN2)CC(C)(C)C1=O. The van der Waals surface area contributed by atoms with E-state index in [-0.39, 0.29) is 23.7 Å². The molecule has 0 bridgehead atoms. The number of amidine groups is 1. The van der Waals surface area contributed by atoms with Crippen molar-refractivity contribution >= 4 is 24.1 Å². The van der Waals surface area contributed by atoms with E-state index in [1.807, 2.05) is 18.7 Å². The molecule has 176 valence electrons. The van der Waals surface area contributed by atoms with E-state index in [2.05, 4.69) is 29.5 Å². The van der Waals surface area contributed by atoms with Crippen LogP contribution in [0.15, 0.2) is 4.99 Å². The van der Waals surface area contributed by atoms with Gasteiger partial charge in [-0.3, -0.25) is 19.4 Å². The summed E-state index contributed by atoms with van der Waals surface area (Å²) >= 11 is 0. The fourth-order valence-corrected chi connectivity index (χ4v) is 4.54. The molecule has 2 atom stereocenters. The highest BCUT2D eigenvalue weighted by atomic mass is 16.2. The predicted molar refractivity (Wildman–Crippen MR) is 121 cm³/mol. The van der Waals surface area contributed by atoms with Crippen LogP contribution in [0.25, 0.3) is 0 Å². The van der Waals surface area contributed by atoms with Crippen LogP contribution in [0.5, 0.6) is 0 Å². The molecule has 2 aliphatic rings. The Labute approximate surface area is 186 Å². The maximum atomic E-state index is 12.9. The van der Waals surface area contributed by atoms with E-state index in [0.29, 0.717) is 51.6 Å². The zero-order valence-electron chi connectivity index (χ0n) is 19.5. The average Bonchev–Trinajstić information content (AvgIpc) is 3.24. The summed E-state index contributed by atoms with van der Waals surface area (Å²) in [6.07, 6.45) is 2.21. The van der Waals surface area contributed by atoms with Crippen molar-refractivity contribution in [2.24, 2.45) is 33.9 Å². The summed E-state index contributed by atoms with van der Waals surface area (Å²) in [6, 6.07) is 0. The van der Waals surface area contributed by atoms with Crippen molar-refractivity contribution < 1.29 is 14.4 Å². The van der Waals surface area contributed by atoms with E-state index in [0.717, 1.165) is 31.8 Å². The molecular weight excluding hydrogens is 396 g/mol. The van der Waals surface area contributed by atoms with Crippen LogP contribution in [-0.4, -0.2) is 86.2 Å². The zero-order chi connectivity index (χ0) is 23.0.